The molecule has 2 aliphatic heterocycles. The molecule has 2 fully saturated rings. The molecule has 0 aliphatic carbocycles. The molecule has 0 bridgehead atoms. The minimum Gasteiger partial charge on any atom is -0.508 e. The molecule has 210 valence electrons. The summed E-state index contributed by atoms with van der Waals surface area (Å²) in [5.74, 6) is -2.22. The predicted octanol–water partition coefficient (Wildman–Crippen LogP) is 1.75. The van der Waals surface area contributed by atoms with Crippen LogP contribution < -0.4 is 16.0 Å². The molecule has 0 aromatic heterocycles. The summed E-state index contributed by atoms with van der Waals surface area (Å²) in [4.78, 5) is 37.4. The van der Waals surface area contributed by atoms with Crippen LogP contribution in [-0.2, 0) is 30.8 Å². The van der Waals surface area contributed by atoms with Gasteiger partial charge in [0.25, 0.3) is 0 Å². The van der Waals surface area contributed by atoms with Crippen LogP contribution in [0.4, 0.5) is 5.69 Å². The van der Waals surface area contributed by atoms with Crippen LogP contribution in [0.2, 0.25) is 0 Å². The molecule has 2 aromatic carbocycles. The van der Waals surface area contributed by atoms with Gasteiger partial charge in [0, 0.05) is 24.7 Å². The molecule has 0 radical (unpaired) electrons. The number of carboxylic acid groups (broad SMARTS) is 1. The van der Waals surface area contributed by atoms with Gasteiger partial charge in [-0.15, -0.1) is 0 Å². The fourth-order valence-electron chi connectivity index (χ4n) is 4.91. The zero-order chi connectivity index (χ0) is 28.2. The van der Waals surface area contributed by atoms with Crippen LogP contribution in [0.25, 0.3) is 0 Å². The van der Waals surface area contributed by atoms with Gasteiger partial charge in [-0.1, -0.05) is 24.6 Å². The number of sulfonamides is 1. The fourth-order valence-corrected chi connectivity index (χ4v) is 6.58. The van der Waals surface area contributed by atoms with Gasteiger partial charge >= 0.3 is 5.97 Å². The van der Waals surface area contributed by atoms with Gasteiger partial charge in [0.2, 0.25) is 21.8 Å². The molecule has 39 heavy (non-hydrogen) atoms. The number of nitrogens with one attached hydrogen (secondary N) is 3. The van der Waals surface area contributed by atoms with Crippen LogP contribution in [-0.4, -0.2) is 71.9 Å². The Bertz CT molecular complexity index is 1320. The Morgan fingerprint density at radius 2 is 1.79 bits per heavy atom. The summed E-state index contributed by atoms with van der Waals surface area (Å²) in [5.41, 5.74) is 1.73. The Morgan fingerprint density at radius 1 is 1.05 bits per heavy atom. The Labute approximate surface area is 227 Å². The third-order valence-corrected chi connectivity index (χ3v) is 9.10. The highest BCUT2D eigenvalue weighted by atomic mass is 32.2. The second kappa shape index (κ2) is 12.1. The highest BCUT2D eigenvalue weighted by Crippen LogP contribution is 2.29. The molecule has 2 heterocycles. The summed E-state index contributed by atoms with van der Waals surface area (Å²) in [5, 5.41) is 28.3. The van der Waals surface area contributed by atoms with Crippen molar-refractivity contribution in [1.29, 1.82) is 0 Å². The minimum atomic E-state index is -4.08. The van der Waals surface area contributed by atoms with Crippen molar-refractivity contribution in [2.24, 2.45) is 0 Å². The maximum atomic E-state index is 13.2. The van der Waals surface area contributed by atoms with E-state index in [0.29, 0.717) is 23.2 Å². The molecule has 11 nitrogen and oxygen atoms in total. The van der Waals surface area contributed by atoms with Gasteiger partial charge in [0.1, 0.15) is 17.8 Å². The number of aryl methyl sites for hydroxylation is 1. The van der Waals surface area contributed by atoms with Gasteiger partial charge in [0.15, 0.2) is 0 Å². The number of piperidine rings is 1. The number of amides is 2. The molecule has 2 aliphatic rings. The van der Waals surface area contributed by atoms with Crippen LogP contribution in [0.1, 0.15) is 43.2 Å². The van der Waals surface area contributed by atoms with Gasteiger partial charge in [-0.25, -0.2) is 13.2 Å². The zero-order valence-corrected chi connectivity index (χ0v) is 22.5. The monoisotopic (exact) mass is 558 g/mol. The normalized spacial score (nSPS) is 20.7. The lowest BCUT2D eigenvalue weighted by molar-refractivity contribution is -0.142. The molecule has 5 N–H and O–H groups in total. The van der Waals surface area contributed by atoms with Gasteiger partial charge in [-0.3, -0.25) is 9.59 Å². The largest absolute Gasteiger partial charge is 0.508 e. The van der Waals surface area contributed by atoms with Gasteiger partial charge in [-0.05, 0) is 68.5 Å². The van der Waals surface area contributed by atoms with Crippen LogP contribution >= 0.6 is 0 Å². The summed E-state index contributed by atoms with van der Waals surface area (Å²) >= 11 is 0. The highest BCUT2D eigenvalue weighted by molar-refractivity contribution is 7.89. The van der Waals surface area contributed by atoms with E-state index in [-0.39, 0.29) is 42.0 Å². The Morgan fingerprint density at radius 3 is 2.44 bits per heavy atom. The summed E-state index contributed by atoms with van der Waals surface area (Å²) in [7, 11) is -4.08. The van der Waals surface area contributed by atoms with Gasteiger partial charge in [0.05, 0.1) is 10.9 Å². The quantitative estimate of drug-likeness (QED) is 0.311. The van der Waals surface area contributed by atoms with E-state index >= 15 is 0 Å². The third kappa shape index (κ3) is 6.75. The molecule has 2 saturated heterocycles. The number of phenolic OH excluding ortho intramolecular Hbond substituents is 1. The first-order chi connectivity index (χ1) is 18.6. The van der Waals surface area contributed by atoms with Crippen molar-refractivity contribution >= 4 is 33.5 Å². The number of anilines is 1. The van der Waals surface area contributed by atoms with Crippen LogP contribution in [0.3, 0.4) is 0 Å². The first-order valence-electron chi connectivity index (χ1n) is 13.0. The third-order valence-electron chi connectivity index (χ3n) is 7.20. The number of phenols is 1. The summed E-state index contributed by atoms with van der Waals surface area (Å²) in [6.45, 7) is 2.55. The average Bonchev–Trinajstić information content (AvgIpc) is 3.42. The Hall–Kier alpha value is -3.48. The van der Waals surface area contributed by atoms with Crippen molar-refractivity contribution in [1.82, 2.24) is 14.9 Å². The molecule has 1 unspecified atom stereocenters. The molecule has 0 saturated carbocycles. The molecular formula is C27H34N4O7S. The maximum absolute atomic E-state index is 13.2. The van der Waals surface area contributed by atoms with Gasteiger partial charge < -0.3 is 26.2 Å². The van der Waals surface area contributed by atoms with E-state index in [4.69, 9.17) is 0 Å². The smallest absolute Gasteiger partial charge is 0.326 e. The van der Waals surface area contributed by atoms with Crippen molar-refractivity contribution in [3.63, 3.8) is 0 Å². The lowest BCUT2D eigenvalue weighted by Gasteiger charge is -2.25. The number of hydrogen-bond donors (Lipinski definition) is 5. The molecule has 12 heteroatoms. The van der Waals surface area contributed by atoms with E-state index in [1.54, 1.807) is 31.2 Å². The summed E-state index contributed by atoms with van der Waals surface area (Å²) in [6, 6.07) is 8.15. The number of aromatic hydroxyl groups is 1. The SMILES string of the molecule is Cc1ccc(S(=O)(=O)N2CCC[C@H]2C(=O)N[C@@H](Cc2ccc(NC(=O)C3CCCCN3)cc2)C(=O)O)cc1O. The number of hydrogen-bond acceptors (Lipinski definition) is 7. The topological polar surface area (TPSA) is 165 Å². The second-order valence-electron chi connectivity index (χ2n) is 10.0. The van der Waals surface area contributed by atoms with Crippen molar-refractivity contribution in [3.05, 3.63) is 53.6 Å². The number of rotatable bonds is 9. The number of carbonyl (C=O) groups is 3. The number of carbonyl (C=O) groups excluding carboxylic acids is 2. The van der Waals surface area contributed by atoms with Crippen molar-refractivity contribution in [2.45, 2.75) is 68.5 Å². The first kappa shape index (κ1) is 28.5. The predicted molar refractivity (Wildman–Crippen MR) is 144 cm³/mol. The first-order valence-corrected chi connectivity index (χ1v) is 14.5. The fraction of sp³-hybridized carbons (Fsp3) is 0.444. The minimum absolute atomic E-state index is 0.0230. The van der Waals surface area contributed by atoms with E-state index in [2.05, 4.69) is 16.0 Å². The zero-order valence-electron chi connectivity index (χ0n) is 21.7. The number of carboxylic acids is 1. The van der Waals surface area contributed by atoms with E-state index in [1.165, 1.54) is 12.1 Å². The van der Waals surface area contributed by atoms with Crippen LogP contribution in [0, 0.1) is 6.92 Å². The van der Waals surface area contributed by atoms with Crippen molar-refractivity contribution in [2.75, 3.05) is 18.4 Å². The highest BCUT2D eigenvalue weighted by Gasteiger charge is 2.40. The Kier molecular flexibility index (Phi) is 8.88. The molecule has 2 aromatic rings. The van der Waals surface area contributed by atoms with E-state index in [0.717, 1.165) is 36.2 Å². The van der Waals surface area contributed by atoms with Crippen molar-refractivity contribution < 1.29 is 33.0 Å². The molecule has 4 rings (SSSR count). The number of nitrogens with zero attached hydrogens (tertiary/aromatic N) is 1. The summed E-state index contributed by atoms with van der Waals surface area (Å²) in [6.07, 6.45) is 3.48. The van der Waals surface area contributed by atoms with Crippen LogP contribution in [0.15, 0.2) is 47.4 Å². The van der Waals surface area contributed by atoms with Crippen molar-refractivity contribution in [3.8, 4) is 5.75 Å². The Balaban J connectivity index is 1.40. The van der Waals surface area contributed by atoms with Crippen LogP contribution in [0.5, 0.6) is 5.75 Å². The lowest BCUT2D eigenvalue weighted by atomic mass is 10.0. The van der Waals surface area contributed by atoms with E-state index < -0.39 is 34.0 Å². The van der Waals surface area contributed by atoms with E-state index in [1.807, 2.05) is 0 Å². The molecule has 2 amide bonds. The lowest BCUT2D eigenvalue weighted by Crippen LogP contribution is -2.51. The maximum Gasteiger partial charge on any atom is 0.326 e. The average molecular weight is 559 g/mol. The second-order valence-corrected chi connectivity index (χ2v) is 11.9. The standard InChI is InChI=1S/C27H34N4O7S/c1-17-7-12-20(16-24(17)32)39(37,38)31-14-4-6-23(31)26(34)30-22(27(35)36)15-18-8-10-19(11-9-18)29-25(33)21-5-2-3-13-28-21/h7-12,16,21-23,28,32H,2-6,13-15H2,1H3,(H,29,33)(H,30,34)(H,35,36)/t21?,22-,23-/m0/s1. The summed E-state index contributed by atoms with van der Waals surface area (Å²) < 4.78 is 27.5. The molecule has 3 atom stereocenters. The molecule has 0 spiro atoms. The number of aliphatic carboxylic acids is 1. The van der Waals surface area contributed by atoms with E-state index in [9.17, 15) is 33.0 Å². The molecular weight excluding hydrogens is 524 g/mol. The number of benzene rings is 2. The van der Waals surface area contributed by atoms with Gasteiger partial charge in [-0.2, -0.15) is 4.31 Å².